The highest BCUT2D eigenvalue weighted by atomic mass is 32.1. The van der Waals surface area contributed by atoms with Crippen LogP contribution < -0.4 is 15.5 Å². The molecule has 5 rings (SSSR count). The van der Waals surface area contributed by atoms with Gasteiger partial charge >= 0.3 is 0 Å². The minimum Gasteiger partial charge on any atom is -0.497 e. The Balaban J connectivity index is 1.81. The van der Waals surface area contributed by atoms with Crippen molar-refractivity contribution in [3.05, 3.63) is 83.0 Å². The van der Waals surface area contributed by atoms with E-state index in [1.54, 1.807) is 18.4 Å². The normalized spacial score (nSPS) is 11.2. The van der Waals surface area contributed by atoms with Gasteiger partial charge in [0.15, 0.2) is 0 Å². The zero-order chi connectivity index (χ0) is 19.1. The number of para-hydroxylation sites is 1. The maximum absolute atomic E-state index is 13.3. The number of benzene rings is 4. The molecule has 2 aliphatic rings. The number of anilines is 2. The van der Waals surface area contributed by atoms with Crippen LogP contribution in [0.5, 0.6) is 5.75 Å². The van der Waals surface area contributed by atoms with E-state index in [1.165, 1.54) is 0 Å². The molecule has 0 unspecified atom stereocenters. The summed E-state index contributed by atoms with van der Waals surface area (Å²) in [6.45, 7) is 0. The molecule has 0 amide bonds. The quantitative estimate of drug-likeness (QED) is 0.322. The summed E-state index contributed by atoms with van der Waals surface area (Å²) in [5.41, 5.74) is 3.14. The van der Waals surface area contributed by atoms with Crippen LogP contribution in [0.4, 0.5) is 11.4 Å². The Morgan fingerprint density at radius 1 is 0.893 bits per heavy atom. The summed E-state index contributed by atoms with van der Waals surface area (Å²) in [6.07, 6.45) is 0. The van der Waals surface area contributed by atoms with Gasteiger partial charge in [0.25, 0.3) is 0 Å². The van der Waals surface area contributed by atoms with Gasteiger partial charge in [0.05, 0.1) is 27.9 Å². The standard InChI is InChI=1S/C23H16N2O2S/c1-27-15-12-10-14(11-13-15)24-21-22(26)17-7-3-2-6-16(17)20-23(21)28-19-9-5-4-8-18(19)25-20/h2-13,24H,1H3. The molecular weight excluding hydrogens is 368 g/mol. The number of rotatable bonds is 3. The van der Waals surface area contributed by atoms with Crippen LogP contribution in [0.25, 0.3) is 31.6 Å². The van der Waals surface area contributed by atoms with Crippen LogP contribution in [0.3, 0.4) is 0 Å². The Kier molecular flexibility index (Phi) is 3.95. The molecule has 0 bridgehead atoms. The minimum absolute atomic E-state index is 0.0211. The van der Waals surface area contributed by atoms with Gasteiger partial charge in [-0.2, -0.15) is 0 Å². The zero-order valence-electron chi connectivity index (χ0n) is 15.1. The molecule has 3 aromatic rings. The number of aromatic nitrogens is 1. The van der Waals surface area contributed by atoms with Gasteiger partial charge in [0.2, 0.25) is 5.43 Å². The van der Waals surface area contributed by atoms with Crippen molar-refractivity contribution in [1.29, 1.82) is 0 Å². The largest absolute Gasteiger partial charge is 0.497 e. The molecule has 28 heavy (non-hydrogen) atoms. The van der Waals surface area contributed by atoms with Crippen molar-refractivity contribution in [3.63, 3.8) is 0 Å². The third kappa shape index (κ3) is 2.68. The van der Waals surface area contributed by atoms with E-state index in [1.807, 2.05) is 72.8 Å². The van der Waals surface area contributed by atoms with Gasteiger partial charge < -0.3 is 10.1 Å². The molecule has 0 saturated carbocycles. The first-order valence-corrected chi connectivity index (χ1v) is 9.71. The molecule has 0 atom stereocenters. The number of nitrogens with one attached hydrogen (secondary N) is 1. The van der Waals surface area contributed by atoms with Gasteiger partial charge in [-0.15, -0.1) is 11.3 Å². The molecule has 0 saturated heterocycles. The summed E-state index contributed by atoms with van der Waals surface area (Å²) in [6, 6.07) is 23.2. The van der Waals surface area contributed by atoms with Crippen LogP contribution in [0.15, 0.2) is 77.6 Å². The lowest BCUT2D eigenvalue weighted by Crippen LogP contribution is -2.11. The second-order valence-electron chi connectivity index (χ2n) is 6.46. The van der Waals surface area contributed by atoms with Crippen molar-refractivity contribution in [2.45, 2.75) is 0 Å². The molecule has 4 nitrogen and oxygen atoms in total. The highest BCUT2D eigenvalue weighted by Crippen LogP contribution is 2.40. The second-order valence-corrected chi connectivity index (χ2v) is 7.51. The van der Waals surface area contributed by atoms with E-state index < -0.39 is 0 Å². The predicted octanol–water partition coefficient (Wildman–Crippen LogP) is 5.67. The molecule has 0 spiro atoms. The lowest BCUT2D eigenvalue weighted by Gasteiger charge is -2.16. The van der Waals surface area contributed by atoms with Gasteiger partial charge in [0, 0.05) is 16.5 Å². The third-order valence-corrected chi connectivity index (χ3v) is 5.93. The van der Waals surface area contributed by atoms with Crippen LogP contribution in [0, 0.1) is 0 Å². The maximum atomic E-state index is 13.3. The van der Waals surface area contributed by atoms with E-state index in [0.29, 0.717) is 11.1 Å². The van der Waals surface area contributed by atoms with E-state index >= 15 is 0 Å². The molecule has 1 heterocycles. The second kappa shape index (κ2) is 6.62. The van der Waals surface area contributed by atoms with Gasteiger partial charge in [-0.1, -0.05) is 36.4 Å². The van der Waals surface area contributed by atoms with Crippen LogP contribution in [0.1, 0.15) is 0 Å². The average molecular weight is 384 g/mol. The molecule has 0 radical (unpaired) electrons. The molecule has 0 fully saturated rings. The Hall–Kier alpha value is -3.44. The van der Waals surface area contributed by atoms with Crippen molar-refractivity contribution >= 4 is 43.7 Å². The van der Waals surface area contributed by atoms with Gasteiger partial charge in [-0.05, 0) is 36.4 Å². The first-order chi connectivity index (χ1) is 13.7. The molecule has 0 aromatic heterocycles. The molecule has 1 aliphatic carbocycles. The first-order valence-electron chi connectivity index (χ1n) is 8.90. The number of fused-ring (bicyclic) bond motifs is 4. The van der Waals surface area contributed by atoms with E-state index in [9.17, 15) is 4.79 Å². The van der Waals surface area contributed by atoms with Crippen LogP contribution >= 0.6 is 11.3 Å². The molecule has 3 aromatic carbocycles. The SMILES string of the molecule is COc1ccc(Nc2c3sc4ccccc4nc-3c3ccccc3c2=O)cc1. The van der Waals surface area contributed by atoms with E-state index in [2.05, 4.69) is 5.32 Å². The highest BCUT2D eigenvalue weighted by molar-refractivity contribution is 7.22. The monoisotopic (exact) mass is 384 g/mol. The minimum atomic E-state index is -0.0211. The van der Waals surface area contributed by atoms with E-state index in [-0.39, 0.29) is 5.43 Å². The van der Waals surface area contributed by atoms with Crippen molar-refractivity contribution in [2.75, 3.05) is 12.4 Å². The van der Waals surface area contributed by atoms with Crippen molar-refractivity contribution in [3.8, 4) is 16.3 Å². The predicted molar refractivity (Wildman–Crippen MR) is 116 cm³/mol. The molecule has 5 heteroatoms. The smallest absolute Gasteiger partial charge is 0.211 e. The Morgan fingerprint density at radius 3 is 2.39 bits per heavy atom. The number of ether oxygens (including phenoxy) is 1. The first kappa shape index (κ1) is 16.7. The van der Waals surface area contributed by atoms with Crippen LogP contribution in [-0.4, -0.2) is 12.1 Å². The Labute approximate surface area is 165 Å². The van der Waals surface area contributed by atoms with Gasteiger partial charge in [0.1, 0.15) is 11.4 Å². The third-order valence-electron chi connectivity index (χ3n) is 4.76. The van der Waals surface area contributed by atoms with Crippen molar-refractivity contribution < 1.29 is 4.74 Å². The molecule has 1 aliphatic heterocycles. The summed E-state index contributed by atoms with van der Waals surface area (Å²) in [5.74, 6) is 0.770. The molecular formula is C23H16N2O2S. The fourth-order valence-corrected chi connectivity index (χ4v) is 4.46. The maximum Gasteiger partial charge on any atom is 0.211 e. The fourth-order valence-electron chi connectivity index (χ4n) is 3.37. The number of hydrogen-bond acceptors (Lipinski definition) is 5. The number of methoxy groups -OCH3 is 1. The summed E-state index contributed by atoms with van der Waals surface area (Å²) in [7, 11) is 1.63. The number of hydrogen-bond donors (Lipinski definition) is 1. The van der Waals surface area contributed by atoms with Crippen molar-refractivity contribution in [1.82, 2.24) is 4.98 Å². The molecule has 1 N–H and O–H groups in total. The van der Waals surface area contributed by atoms with Crippen molar-refractivity contribution in [2.24, 2.45) is 0 Å². The fraction of sp³-hybridized carbons (Fsp3) is 0.0435. The Morgan fingerprint density at radius 2 is 1.61 bits per heavy atom. The van der Waals surface area contributed by atoms with Gasteiger partial charge in [-0.3, -0.25) is 4.79 Å². The lowest BCUT2D eigenvalue weighted by molar-refractivity contribution is 0.415. The van der Waals surface area contributed by atoms with E-state index in [0.717, 1.165) is 37.6 Å². The zero-order valence-corrected chi connectivity index (χ0v) is 15.9. The Bertz CT molecular complexity index is 1340. The summed E-state index contributed by atoms with van der Waals surface area (Å²) in [4.78, 5) is 19.0. The van der Waals surface area contributed by atoms with E-state index in [4.69, 9.17) is 9.72 Å². The van der Waals surface area contributed by atoms with Crippen LogP contribution in [0.2, 0.25) is 0 Å². The lowest BCUT2D eigenvalue weighted by atomic mass is 10.0. The van der Waals surface area contributed by atoms with Gasteiger partial charge in [-0.25, -0.2) is 4.98 Å². The van der Waals surface area contributed by atoms with Crippen LogP contribution in [-0.2, 0) is 0 Å². The highest BCUT2D eigenvalue weighted by Gasteiger charge is 2.20. The number of nitrogens with zero attached hydrogens (tertiary/aromatic N) is 1. The topological polar surface area (TPSA) is 51.2 Å². The summed E-state index contributed by atoms with van der Waals surface area (Å²) in [5, 5.41) is 4.87. The summed E-state index contributed by atoms with van der Waals surface area (Å²) < 4.78 is 6.27. The average Bonchev–Trinajstić information content (AvgIpc) is 2.76. The molecule has 136 valence electrons. The summed E-state index contributed by atoms with van der Waals surface area (Å²) >= 11 is 1.58.